The van der Waals surface area contributed by atoms with Gasteiger partial charge < -0.3 is 9.88 Å². The maximum atomic E-state index is 4.70. The van der Waals surface area contributed by atoms with Crippen molar-refractivity contribution in [2.24, 2.45) is 17.8 Å². The van der Waals surface area contributed by atoms with Gasteiger partial charge in [-0.05, 0) is 69.2 Å². The highest BCUT2D eigenvalue weighted by atomic mass is 15.3. The molecule has 0 atom stereocenters. The monoisotopic (exact) mass is 272 g/mol. The molecule has 0 aromatic carbocycles. The van der Waals surface area contributed by atoms with Crippen LogP contribution in [0.1, 0.15) is 56.6 Å². The first-order valence-corrected chi connectivity index (χ1v) is 8.46. The van der Waals surface area contributed by atoms with Crippen molar-refractivity contribution in [2.45, 2.75) is 63.5 Å². The summed E-state index contributed by atoms with van der Waals surface area (Å²) < 4.78 is 2.48. The molecule has 1 aliphatic heterocycles. The molecule has 0 unspecified atom stereocenters. The van der Waals surface area contributed by atoms with E-state index in [0.717, 1.165) is 37.4 Å². The first-order chi connectivity index (χ1) is 9.82. The summed E-state index contributed by atoms with van der Waals surface area (Å²) in [5.41, 5.74) is 0.393. The van der Waals surface area contributed by atoms with E-state index in [9.17, 15) is 0 Å². The molecule has 1 N–H and O–H groups in total. The summed E-state index contributed by atoms with van der Waals surface area (Å²) in [4.78, 5) is 0. The quantitative estimate of drug-likeness (QED) is 0.852. The number of nitrogens with one attached hydrogen (secondary N) is 1. The minimum absolute atomic E-state index is 0.393. The van der Waals surface area contributed by atoms with E-state index in [1.807, 2.05) is 0 Å². The van der Waals surface area contributed by atoms with Crippen molar-refractivity contribution < 1.29 is 0 Å². The van der Waals surface area contributed by atoms with Crippen LogP contribution in [0.15, 0.2) is 0 Å². The molecule has 2 heterocycles. The van der Waals surface area contributed by atoms with Gasteiger partial charge in [-0.25, -0.2) is 0 Å². The zero-order chi connectivity index (χ0) is 13.2. The van der Waals surface area contributed by atoms with Crippen molar-refractivity contribution in [3.63, 3.8) is 0 Å². The Morgan fingerprint density at radius 2 is 1.70 bits per heavy atom. The number of nitrogens with zero attached hydrogens (tertiary/aromatic N) is 3. The topological polar surface area (TPSA) is 42.7 Å². The van der Waals surface area contributed by atoms with E-state index in [4.69, 9.17) is 5.10 Å². The van der Waals surface area contributed by atoms with Crippen LogP contribution in [-0.2, 0) is 18.5 Å². The van der Waals surface area contributed by atoms with Gasteiger partial charge >= 0.3 is 0 Å². The van der Waals surface area contributed by atoms with Crippen molar-refractivity contribution in [1.82, 2.24) is 20.1 Å². The van der Waals surface area contributed by atoms with Crippen molar-refractivity contribution in [3.8, 4) is 0 Å². The summed E-state index contributed by atoms with van der Waals surface area (Å²) in [7, 11) is 0. The van der Waals surface area contributed by atoms with E-state index in [2.05, 4.69) is 15.0 Å². The molecule has 4 fully saturated rings. The maximum absolute atomic E-state index is 4.70. The zero-order valence-corrected chi connectivity index (χ0v) is 12.1. The summed E-state index contributed by atoms with van der Waals surface area (Å²) in [6.45, 7) is 3.13. The van der Waals surface area contributed by atoms with Crippen LogP contribution in [0.3, 0.4) is 0 Å². The highest BCUT2D eigenvalue weighted by Gasteiger charge is 2.53. The Labute approximate surface area is 120 Å². The smallest absolute Gasteiger partial charge is 0.147 e. The number of rotatable bonds is 1. The summed E-state index contributed by atoms with van der Waals surface area (Å²) in [6.07, 6.45) is 9.90. The second kappa shape index (κ2) is 4.06. The lowest BCUT2D eigenvalue weighted by atomic mass is 9.49. The second-order valence-electron chi connectivity index (χ2n) is 7.82. The summed E-state index contributed by atoms with van der Waals surface area (Å²) >= 11 is 0. The second-order valence-corrected chi connectivity index (χ2v) is 7.82. The molecular weight excluding hydrogens is 248 g/mol. The van der Waals surface area contributed by atoms with Gasteiger partial charge in [0.15, 0.2) is 0 Å². The van der Waals surface area contributed by atoms with Crippen LogP contribution in [0.5, 0.6) is 0 Å². The molecule has 1 aromatic rings. The Morgan fingerprint density at radius 3 is 2.40 bits per heavy atom. The molecule has 4 bridgehead atoms. The summed E-state index contributed by atoms with van der Waals surface area (Å²) in [6, 6.07) is 0. The molecule has 4 heteroatoms. The lowest BCUT2D eigenvalue weighted by Crippen LogP contribution is -2.49. The predicted molar refractivity (Wildman–Crippen MR) is 76.2 cm³/mol. The molecule has 4 aliphatic carbocycles. The standard InChI is InChI=1S/C16H24N4/c1-2-17-10-14-18-19-15(20(14)3-1)16-7-11-4-12(8-16)6-13(5-11)9-16/h11-13,17H,1-10H2. The lowest BCUT2D eigenvalue weighted by molar-refractivity contribution is -0.0112. The van der Waals surface area contributed by atoms with Gasteiger partial charge in [0.2, 0.25) is 0 Å². The molecule has 0 spiro atoms. The van der Waals surface area contributed by atoms with Crippen molar-refractivity contribution in [2.75, 3.05) is 6.54 Å². The van der Waals surface area contributed by atoms with Crippen LogP contribution in [0, 0.1) is 17.8 Å². The molecule has 0 radical (unpaired) electrons. The van der Waals surface area contributed by atoms with E-state index in [1.165, 1.54) is 56.6 Å². The Morgan fingerprint density at radius 1 is 1.00 bits per heavy atom. The van der Waals surface area contributed by atoms with E-state index < -0.39 is 0 Å². The van der Waals surface area contributed by atoms with Crippen molar-refractivity contribution >= 4 is 0 Å². The molecule has 5 aliphatic rings. The Hall–Kier alpha value is -0.900. The highest BCUT2D eigenvalue weighted by molar-refractivity contribution is 5.19. The Kier molecular flexibility index (Phi) is 2.38. The highest BCUT2D eigenvalue weighted by Crippen LogP contribution is 2.60. The van der Waals surface area contributed by atoms with Gasteiger partial charge in [-0.1, -0.05) is 0 Å². The molecule has 1 aromatic heterocycles. The van der Waals surface area contributed by atoms with Gasteiger partial charge in [-0.15, -0.1) is 10.2 Å². The van der Waals surface area contributed by atoms with E-state index in [0.29, 0.717) is 5.41 Å². The van der Waals surface area contributed by atoms with Crippen molar-refractivity contribution in [1.29, 1.82) is 0 Å². The zero-order valence-electron chi connectivity index (χ0n) is 12.1. The third kappa shape index (κ3) is 1.57. The Bertz CT molecular complexity index is 497. The lowest BCUT2D eigenvalue weighted by Gasteiger charge is -2.56. The Balaban J connectivity index is 1.58. The number of hydrogen-bond donors (Lipinski definition) is 1. The van der Waals surface area contributed by atoms with Gasteiger partial charge in [-0.3, -0.25) is 0 Å². The van der Waals surface area contributed by atoms with Crippen LogP contribution in [-0.4, -0.2) is 21.3 Å². The fourth-order valence-corrected chi connectivity index (χ4v) is 6.04. The largest absolute Gasteiger partial charge is 0.313 e. The SMILES string of the molecule is C1CNCc2nnc(C34CC5CC(CC(C5)C3)C4)n2C1. The van der Waals surface area contributed by atoms with Crippen molar-refractivity contribution in [3.05, 3.63) is 11.6 Å². The molecule has 0 amide bonds. The fraction of sp³-hybridized carbons (Fsp3) is 0.875. The average Bonchev–Trinajstić information content (AvgIpc) is 2.68. The third-order valence-electron chi connectivity index (χ3n) is 6.36. The van der Waals surface area contributed by atoms with Gasteiger partial charge in [0.25, 0.3) is 0 Å². The van der Waals surface area contributed by atoms with Crippen LogP contribution >= 0.6 is 0 Å². The minimum Gasteiger partial charge on any atom is -0.313 e. The maximum Gasteiger partial charge on any atom is 0.147 e. The first-order valence-electron chi connectivity index (χ1n) is 8.46. The van der Waals surface area contributed by atoms with Gasteiger partial charge in [-0.2, -0.15) is 0 Å². The van der Waals surface area contributed by atoms with Crippen LogP contribution in [0.25, 0.3) is 0 Å². The van der Waals surface area contributed by atoms with Crippen LogP contribution in [0.2, 0.25) is 0 Å². The first kappa shape index (κ1) is 11.7. The van der Waals surface area contributed by atoms with Gasteiger partial charge in [0.05, 0.1) is 6.54 Å². The number of hydrogen-bond acceptors (Lipinski definition) is 3. The molecule has 4 nitrogen and oxygen atoms in total. The van der Waals surface area contributed by atoms with Crippen LogP contribution in [0.4, 0.5) is 0 Å². The summed E-state index contributed by atoms with van der Waals surface area (Å²) in [5, 5.41) is 12.7. The molecular formula is C16H24N4. The molecule has 108 valence electrons. The number of aromatic nitrogens is 3. The molecule has 20 heavy (non-hydrogen) atoms. The van der Waals surface area contributed by atoms with E-state index in [1.54, 1.807) is 0 Å². The third-order valence-corrected chi connectivity index (χ3v) is 6.36. The predicted octanol–water partition coefficient (Wildman–Crippen LogP) is 2.24. The molecule has 4 saturated carbocycles. The summed E-state index contributed by atoms with van der Waals surface area (Å²) in [5.74, 6) is 5.48. The average molecular weight is 272 g/mol. The molecule has 6 rings (SSSR count). The minimum atomic E-state index is 0.393. The normalized spacial score (nSPS) is 42.5. The van der Waals surface area contributed by atoms with Crippen LogP contribution < -0.4 is 5.32 Å². The molecule has 0 saturated heterocycles. The fourth-order valence-electron chi connectivity index (χ4n) is 6.04. The van der Waals surface area contributed by atoms with Gasteiger partial charge in [0.1, 0.15) is 11.6 Å². The van der Waals surface area contributed by atoms with E-state index >= 15 is 0 Å². The van der Waals surface area contributed by atoms with Gasteiger partial charge in [0, 0.05) is 12.0 Å². The van der Waals surface area contributed by atoms with E-state index in [-0.39, 0.29) is 0 Å². The number of fused-ring (bicyclic) bond motifs is 1.